The molecule has 2 aromatic carbocycles. The lowest BCUT2D eigenvalue weighted by Gasteiger charge is -2.35. The van der Waals surface area contributed by atoms with Crippen LogP contribution in [-0.2, 0) is 12.0 Å². The molecule has 2 aromatic rings. The highest BCUT2D eigenvalue weighted by Crippen LogP contribution is 2.23. The van der Waals surface area contributed by atoms with Crippen LogP contribution in [0, 0.1) is 0 Å². The Labute approximate surface area is 162 Å². The van der Waals surface area contributed by atoms with Gasteiger partial charge in [0.1, 0.15) is 5.75 Å². The molecule has 4 nitrogen and oxygen atoms in total. The zero-order valence-electron chi connectivity index (χ0n) is 16.9. The summed E-state index contributed by atoms with van der Waals surface area (Å²) < 4.78 is 5.23. The van der Waals surface area contributed by atoms with Crippen molar-refractivity contribution in [2.24, 2.45) is 0 Å². The van der Waals surface area contributed by atoms with Gasteiger partial charge in [-0.2, -0.15) is 0 Å². The van der Waals surface area contributed by atoms with Gasteiger partial charge in [0.2, 0.25) is 0 Å². The van der Waals surface area contributed by atoms with Gasteiger partial charge in [0.05, 0.1) is 7.11 Å². The summed E-state index contributed by atoms with van der Waals surface area (Å²) in [7, 11) is 1.62. The zero-order valence-corrected chi connectivity index (χ0v) is 16.9. The minimum absolute atomic E-state index is 0.0862. The third-order valence-electron chi connectivity index (χ3n) is 5.20. The van der Waals surface area contributed by atoms with E-state index in [0.717, 1.165) is 38.5 Å². The van der Waals surface area contributed by atoms with E-state index in [4.69, 9.17) is 4.74 Å². The van der Waals surface area contributed by atoms with Gasteiger partial charge < -0.3 is 9.64 Å². The fourth-order valence-corrected chi connectivity index (χ4v) is 3.42. The molecule has 0 bridgehead atoms. The number of nitrogens with zero attached hydrogens (tertiary/aromatic N) is 2. The number of hydrogen-bond acceptors (Lipinski definition) is 3. The maximum absolute atomic E-state index is 12.7. The van der Waals surface area contributed by atoms with Gasteiger partial charge in [-0.1, -0.05) is 51.1 Å². The topological polar surface area (TPSA) is 32.8 Å². The minimum Gasteiger partial charge on any atom is -0.497 e. The van der Waals surface area contributed by atoms with Crippen molar-refractivity contribution in [2.45, 2.75) is 32.7 Å². The predicted molar refractivity (Wildman–Crippen MR) is 109 cm³/mol. The Bertz CT molecular complexity index is 770. The summed E-state index contributed by atoms with van der Waals surface area (Å²) in [6.45, 7) is 11.0. The van der Waals surface area contributed by atoms with Crippen LogP contribution in [0.25, 0.3) is 0 Å². The van der Waals surface area contributed by atoms with Crippen LogP contribution in [0.3, 0.4) is 0 Å². The van der Waals surface area contributed by atoms with Crippen molar-refractivity contribution >= 4 is 5.91 Å². The summed E-state index contributed by atoms with van der Waals surface area (Å²) >= 11 is 0. The largest absolute Gasteiger partial charge is 0.497 e. The van der Waals surface area contributed by atoms with Crippen LogP contribution in [0.5, 0.6) is 5.75 Å². The molecule has 1 aliphatic rings. The fourth-order valence-electron chi connectivity index (χ4n) is 3.42. The van der Waals surface area contributed by atoms with Gasteiger partial charge in [-0.25, -0.2) is 0 Å². The molecule has 27 heavy (non-hydrogen) atoms. The van der Waals surface area contributed by atoms with Crippen LogP contribution >= 0.6 is 0 Å². The maximum Gasteiger partial charge on any atom is 0.254 e. The summed E-state index contributed by atoms with van der Waals surface area (Å²) in [4.78, 5) is 17.1. The average molecular weight is 367 g/mol. The third-order valence-corrected chi connectivity index (χ3v) is 5.20. The molecule has 0 aromatic heterocycles. The van der Waals surface area contributed by atoms with Crippen molar-refractivity contribution in [3.05, 3.63) is 65.2 Å². The van der Waals surface area contributed by atoms with E-state index in [9.17, 15) is 4.79 Å². The Balaban J connectivity index is 1.55. The molecule has 4 heteroatoms. The molecule has 0 unspecified atom stereocenters. The van der Waals surface area contributed by atoms with E-state index in [0.29, 0.717) is 5.56 Å². The summed E-state index contributed by atoms with van der Waals surface area (Å²) in [6, 6.07) is 16.3. The number of methoxy groups -OCH3 is 1. The Morgan fingerprint density at radius 3 is 2.26 bits per heavy atom. The lowest BCUT2D eigenvalue weighted by molar-refractivity contribution is 0.0628. The van der Waals surface area contributed by atoms with Crippen LogP contribution in [0.4, 0.5) is 0 Å². The second kappa shape index (κ2) is 8.13. The molecule has 1 fully saturated rings. The van der Waals surface area contributed by atoms with E-state index >= 15 is 0 Å². The van der Waals surface area contributed by atoms with Crippen LogP contribution in [-0.4, -0.2) is 49.0 Å². The Kier molecular flexibility index (Phi) is 5.85. The zero-order chi connectivity index (χ0) is 19.4. The van der Waals surface area contributed by atoms with E-state index in [1.54, 1.807) is 7.11 Å². The van der Waals surface area contributed by atoms with E-state index in [-0.39, 0.29) is 11.3 Å². The Hall–Kier alpha value is -2.33. The molecule has 0 spiro atoms. The molecule has 3 rings (SSSR count). The van der Waals surface area contributed by atoms with Gasteiger partial charge in [0, 0.05) is 38.3 Å². The van der Waals surface area contributed by atoms with Crippen molar-refractivity contribution in [2.75, 3.05) is 33.3 Å². The molecule has 1 saturated heterocycles. The summed E-state index contributed by atoms with van der Waals surface area (Å²) in [5, 5.41) is 0. The van der Waals surface area contributed by atoms with E-state index in [1.807, 2.05) is 29.2 Å². The normalized spacial score (nSPS) is 15.6. The van der Waals surface area contributed by atoms with Crippen molar-refractivity contribution in [3.63, 3.8) is 0 Å². The van der Waals surface area contributed by atoms with Crippen LogP contribution < -0.4 is 4.74 Å². The molecule has 0 N–H and O–H groups in total. The number of benzene rings is 2. The molecule has 0 saturated carbocycles. The lowest BCUT2D eigenvalue weighted by Crippen LogP contribution is -2.48. The first-order valence-electron chi connectivity index (χ1n) is 9.62. The molecule has 0 aliphatic carbocycles. The number of carbonyl (C=O) groups excluding carboxylic acids is 1. The first-order valence-corrected chi connectivity index (χ1v) is 9.62. The third kappa shape index (κ3) is 4.89. The fraction of sp³-hybridized carbons (Fsp3) is 0.435. The first kappa shape index (κ1) is 19.4. The van der Waals surface area contributed by atoms with Crippen molar-refractivity contribution in [3.8, 4) is 5.75 Å². The van der Waals surface area contributed by atoms with Gasteiger partial charge in [-0.3, -0.25) is 9.69 Å². The monoisotopic (exact) mass is 366 g/mol. The highest BCUT2D eigenvalue weighted by atomic mass is 16.5. The van der Waals surface area contributed by atoms with E-state index in [2.05, 4.69) is 49.9 Å². The van der Waals surface area contributed by atoms with E-state index in [1.165, 1.54) is 11.1 Å². The second-order valence-electron chi connectivity index (χ2n) is 8.25. The number of carbonyl (C=O) groups is 1. The van der Waals surface area contributed by atoms with Gasteiger partial charge in [-0.05, 0) is 34.7 Å². The van der Waals surface area contributed by atoms with Gasteiger partial charge in [-0.15, -0.1) is 0 Å². The van der Waals surface area contributed by atoms with Crippen LogP contribution in [0.15, 0.2) is 48.5 Å². The molecular weight excluding hydrogens is 336 g/mol. The highest BCUT2D eigenvalue weighted by Gasteiger charge is 2.22. The summed E-state index contributed by atoms with van der Waals surface area (Å²) in [5.74, 6) is 0.807. The van der Waals surface area contributed by atoms with Crippen LogP contribution in [0.1, 0.15) is 42.3 Å². The number of rotatable bonds is 4. The van der Waals surface area contributed by atoms with Gasteiger partial charge in [0.25, 0.3) is 5.91 Å². The minimum atomic E-state index is 0.0862. The highest BCUT2D eigenvalue weighted by molar-refractivity contribution is 5.94. The molecule has 1 heterocycles. The second-order valence-corrected chi connectivity index (χ2v) is 8.25. The summed E-state index contributed by atoms with van der Waals surface area (Å²) in [5.41, 5.74) is 3.57. The molecular formula is C23H30N2O2. The SMILES string of the molecule is COc1cccc(C(=O)N2CCN(Cc3ccc(C(C)(C)C)cc3)CC2)c1. The van der Waals surface area contributed by atoms with Crippen molar-refractivity contribution in [1.82, 2.24) is 9.80 Å². The quantitative estimate of drug-likeness (QED) is 0.821. The molecule has 0 radical (unpaired) electrons. The molecule has 1 amide bonds. The molecule has 0 atom stereocenters. The summed E-state index contributed by atoms with van der Waals surface area (Å²) in [6.07, 6.45) is 0. The Morgan fingerprint density at radius 2 is 1.67 bits per heavy atom. The van der Waals surface area contributed by atoms with Crippen molar-refractivity contribution in [1.29, 1.82) is 0 Å². The van der Waals surface area contributed by atoms with Crippen molar-refractivity contribution < 1.29 is 9.53 Å². The average Bonchev–Trinajstić information content (AvgIpc) is 2.68. The standard InChI is InChI=1S/C23H30N2O2/c1-23(2,3)20-10-8-18(9-11-20)17-24-12-14-25(15-13-24)22(26)19-6-5-7-21(16-19)27-4/h5-11,16H,12-15,17H2,1-4H3. The lowest BCUT2D eigenvalue weighted by atomic mass is 9.87. The Morgan fingerprint density at radius 1 is 1.00 bits per heavy atom. The number of ether oxygens (including phenoxy) is 1. The first-order chi connectivity index (χ1) is 12.9. The smallest absolute Gasteiger partial charge is 0.254 e. The maximum atomic E-state index is 12.7. The predicted octanol–water partition coefficient (Wildman–Crippen LogP) is 3.95. The number of piperazine rings is 1. The number of amides is 1. The van der Waals surface area contributed by atoms with E-state index < -0.39 is 0 Å². The van der Waals surface area contributed by atoms with Gasteiger partial charge >= 0.3 is 0 Å². The number of hydrogen-bond donors (Lipinski definition) is 0. The van der Waals surface area contributed by atoms with Gasteiger partial charge in [0.15, 0.2) is 0 Å². The molecule has 1 aliphatic heterocycles. The molecule has 144 valence electrons. The van der Waals surface area contributed by atoms with Crippen LogP contribution in [0.2, 0.25) is 0 Å².